The molecule has 2 rings (SSSR count). The van der Waals surface area contributed by atoms with E-state index in [1.54, 1.807) is 37.9 Å². The first kappa shape index (κ1) is 12.6. The molecule has 0 unspecified atom stereocenters. The topological polar surface area (TPSA) is 48.4 Å². The first-order valence-electron chi connectivity index (χ1n) is 5.33. The van der Waals surface area contributed by atoms with Crippen LogP contribution in [0.2, 0.25) is 0 Å². The molecule has 2 aromatic rings. The fraction of sp³-hybridized carbons (Fsp3) is 0.231. The van der Waals surface area contributed by atoms with Gasteiger partial charge in [-0.15, -0.1) is 11.3 Å². The molecule has 0 saturated carbocycles. The molecule has 0 aliphatic carbocycles. The van der Waals surface area contributed by atoms with E-state index >= 15 is 0 Å². The van der Waals surface area contributed by atoms with Crippen molar-refractivity contribution in [2.45, 2.75) is 6.92 Å². The van der Waals surface area contributed by atoms with Gasteiger partial charge in [0, 0.05) is 11.6 Å². The number of nitrogens with zero attached hydrogens (tertiary/aromatic N) is 1. The number of hydrogen-bond donors (Lipinski definition) is 0. The monoisotopic (exact) mass is 263 g/mol. The second-order valence-corrected chi connectivity index (χ2v) is 4.55. The van der Waals surface area contributed by atoms with Crippen molar-refractivity contribution < 1.29 is 14.3 Å². The Hall–Kier alpha value is -1.88. The molecule has 18 heavy (non-hydrogen) atoms. The highest BCUT2D eigenvalue weighted by Crippen LogP contribution is 2.26. The summed E-state index contributed by atoms with van der Waals surface area (Å²) in [6.07, 6.45) is 0. The van der Waals surface area contributed by atoms with Gasteiger partial charge < -0.3 is 9.47 Å². The average molecular weight is 263 g/mol. The van der Waals surface area contributed by atoms with Crippen molar-refractivity contribution >= 4 is 17.1 Å². The number of methoxy groups -OCH3 is 2. The minimum absolute atomic E-state index is 0.0628. The summed E-state index contributed by atoms with van der Waals surface area (Å²) in [6.45, 7) is 1.82. The van der Waals surface area contributed by atoms with Crippen molar-refractivity contribution in [1.29, 1.82) is 0 Å². The molecule has 0 fully saturated rings. The van der Waals surface area contributed by atoms with E-state index in [0.717, 1.165) is 5.69 Å². The Morgan fingerprint density at radius 1 is 1.17 bits per heavy atom. The van der Waals surface area contributed by atoms with Crippen LogP contribution in [0.4, 0.5) is 0 Å². The van der Waals surface area contributed by atoms with Crippen molar-refractivity contribution in [3.05, 3.63) is 39.8 Å². The van der Waals surface area contributed by atoms with Crippen LogP contribution >= 0.6 is 11.3 Å². The van der Waals surface area contributed by atoms with Crippen LogP contribution in [0.3, 0.4) is 0 Å². The van der Waals surface area contributed by atoms with Gasteiger partial charge in [-0.25, -0.2) is 4.98 Å². The maximum atomic E-state index is 12.3. The van der Waals surface area contributed by atoms with E-state index < -0.39 is 0 Å². The van der Waals surface area contributed by atoms with Crippen molar-refractivity contribution in [2.75, 3.05) is 14.2 Å². The first-order valence-corrected chi connectivity index (χ1v) is 6.21. The van der Waals surface area contributed by atoms with Crippen LogP contribution in [-0.2, 0) is 0 Å². The van der Waals surface area contributed by atoms with Gasteiger partial charge in [-0.3, -0.25) is 4.79 Å². The number of hydrogen-bond acceptors (Lipinski definition) is 5. The van der Waals surface area contributed by atoms with Crippen molar-refractivity contribution in [1.82, 2.24) is 4.98 Å². The Morgan fingerprint density at radius 2 is 1.78 bits per heavy atom. The maximum Gasteiger partial charge on any atom is 0.205 e. The van der Waals surface area contributed by atoms with Crippen molar-refractivity contribution in [3.63, 3.8) is 0 Å². The number of thiazole rings is 1. The number of carbonyl (C=O) groups excluding carboxylic acids is 1. The number of rotatable bonds is 4. The molecular weight excluding hydrogens is 250 g/mol. The van der Waals surface area contributed by atoms with E-state index in [1.807, 2.05) is 6.92 Å². The molecular formula is C13H13NO3S. The van der Waals surface area contributed by atoms with Gasteiger partial charge in [0.2, 0.25) is 5.78 Å². The van der Waals surface area contributed by atoms with Gasteiger partial charge in [0.25, 0.3) is 0 Å². The summed E-state index contributed by atoms with van der Waals surface area (Å²) >= 11 is 1.34. The summed E-state index contributed by atoms with van der Waals surface area (Å²) in [5.74, 6) is 1.13. The number of ketones is 1. The zero-order valence-corrected chi connectivity index (χ0v) is 11.2. The zero-order valence-electron chi connectivity index (χ0n) is 10.4. The fourth-order valence-electron chi connectivity index (χ4n) is 1.59. The third-order valence-electron chi connectivity index (χ3n) is 2.57. The lowest BCUT2D eigenvalue weighted by Gasteiger charge is -2.07. The van der Waals surface area contributed by atoms with E-state index in [4.69, 9.17) is 9.47 Å². The zero-order chi connectivity index (χ0) is 13.1. The van der Waals surface area contributed by atoms with Crippen LogP contribution in [0, 0.1) is 6.92 Å². The SMILES string of the molecule is COc1cc(OC)cc(C(=O)c2scnc2C)c1. The molecule has 0 bridgehead atoms. The van der Waals surface area contributed by atoms with Gasteiger partial charge in [0.05, 0.1) is 30.3 Å². The molecule has 1 heterocycles. The highest BCUT2D eigenvalue weighted by Gasteiger charge is 2.16. The summed E-state index contributed by atoms with van der Waals surface area (Å²) in [7, 11) is 3.11. The second-order valence-electron chi connectivity index (χ2n) is 3.70. The number of carbonyl (C=O) groups is 1. The predicted molar refractivity (Wildman–Crippen MR) is 69.8 cm³/mol. The third-order valence-corrected chi connectivity index (χ3v) is 3.49. The molecule has 1 aromatic carbocycles. The van der Waals surface area contributed by atoms with Crippen LogP contribution in [0.5, 0.6) is 11.5 Å². The highest BCUT2D eigenvalue weighted by atomic mass is 32.1. The van der Waals surface area contributed by atoms with E-state index in [-0.39, 0.29) is 5.78 Å². The Labute approximate surface area is 109 Å². The lowest BCUT2D eigenvalue weighted by Crippen LogP contribution is -2.02. The largest absolute Gasteiger partial charge is 0.497 e. The molecule has 0 aliphatic heterocycles. The number of aryl methyl sites for hydroxylation is 1. The van der Waals surface area contributed by atoms with E-state index in [9.17, 15) is 4.79 Å². The van der Waals surface area contributed by atoms with Crippen LogP contribution in [0.1, 0.15) is 20.9 Å². The van der Waals surface area contributed by atoms with E-state index in [2.05, 4.69) is 4.98 Å². The highest BCUT2D eigenvalue weighted by molar-refractivity contribution is 7.12. The molecule has 4 nitrogen and oxygen atoms in total. The van der Waals surface area contributed by atoms with Gasteiger partial charge in [-0.2, -0.15) is 0 Å². The standard InChI is InChI=1S/C13H13NO3S/c1-8-13(18-7-14-8)12(15)9-4-10(16-2)6-11(5-9)17-3/h4-7H,1-3H3. The number of benzene rings is 1. The maximum absolute atomic E-state index is 12.3. The molecule has 94 valence electrons. The summed E-state index contributed by atoms with van der Waals surface area (Å²) in [5, 5.41) is 0. The van der Waals surface area contributed by atoms with Gasteiger partial charge in [-0.1, -0.05) is 0 Å². The van der Waals surface area contributed by atoms with Crippen LogP contribution in [0.15, 0.2) is 23.7 Å². The molecule has 0 amide bonds. The molecule has 0 N–H and O–H groups in total. The number of ether oxygens (including phenoxy) is 2. The normalized spacial score (nSPS) is 10.2. The fourth-order valence-corrected chi connectivity index (χ4v) is 2.35. The molecule has 1 aromatic heterocycles. The van der Waals surface area contributed by atoms with Gasteiger partial charge in [-0.05, 0) is 19.1 Å². The van der Waals surface area contributed by atoms with Gasteiger partial charge in [0.15, 0.2) is 0 Å². The van der Waals surface area contributed by atoms with E-state index in [1.165, 1.54) is 11.3 Å². The summed E-state index contributed by atoms with van der Waals surface area (Å²) < 4.78 is 10.3. The molecule has 5 heteroatoms. The summed E-state index contributed by atoms with van der Waals surface area (Å²) in [6, 6.07) is 5.13. The lowest BCUT2D eigenvalue weighted by atomic mass is 10.1. The van der Waals surface area contributed by atoms with Gasteiger partial charge in [0.1, 0.15) is 11.5 Å². The third kappa shape index (κ3) is 2.36. The Bertz CT molecular complexity index is 555. The van der Waals surface area contributed by atoms with Gasteiger partial charge >= 0.3 is 0 Å². The van der Waals surface area contributed by atoms with Crippen LogP contribution in [0.25, 0.3) is 0 Å². The lowest BCUT2D eigenvalue weighted by molar-refractivity contribution is 0.104. The average Bonchev–Trinajstić information content (AvgIpc) is 2.83. The summed E-state index contributed by atoms with van der Waals surface area (Å²) in [5.41, 5.74) is 2.95. The first-order chi connectivity index (χ1) is 8.65. The Kier molecular flexibility index (Phi) is 3.62. The quantitative estimate of drug-likeness (QED) is 0.796. The molecule has 0 atom stereocenters. The van der Waals surface area contributed by atoms with E-state index in [0.29, 0.717) is 21.9 Å². The Morgan fingerprint density at radius 3 is 2.22 bits per heavy atom. The smallest absolute Gasteiger partial charge is 0.205 e. The number of aromatic nitrogens is 1. The van der Waals surface area contributed by atoms with Crippen molar-refractivity contribution in [2.24, 2.45) is 0 Å². The summed E-state index contributed by atoms with van der Waals surface area (Å²) in [4.78, 5) is 17.1. The molecule has 0 spiro atoms. The Balaban J connectivity index is 2.44. The molecule has 0 aliphatic rings. The minimum atomic E-state index is -0.0628. The second kappa shape index (κ2) is 5.18. The minimum Gasteiger partial charge on any atom is -0.497 e. The molecule has 0 saturated heterocycles. The van der Waals surface area contributed by atoms with Crippen LogP contribution < -0.4 is 9.47 Å². The van der Waals surface area contributed by atoms with Crippen molar-refractivity contribution in [3.8, 4) is 11.5 Å². The predicted octanol–water partition coefficient (Wildman–Crippen LogP) is 2.70. The van der Waals surface area contributed by atoms with Crippen LogP contribution in [-0.4, -0.2) is 25.0 Å². The molecule has 0 radical (unpaired) electrons.